The first kappa shape index (κ1) is 7.45. The fourth-order valence-electron chi connectivity index (χ4n) is 0.678. The highest BCUT2D eigenvalue weighted by atomic mass is 16.1. The summed E-state index contributed by atoms with van der Waals surface area (Å²) in [6.07, 6.45) is 0.853. The Kier molecular flexibility index (Phi) is 2.37. The van der Waals surface area contributed by atoms with E-state index in [1.807, 2.05) is 0 Å². The molecule has 0 saturated carbocycles. The summed E-state index contributed by atoms with van der Waals surface area (Å²) in [6.45, 7) is 0. The Labute approximate surface area is 64.2 Å². The molecule has 0 amide bonds. The van der Waals surface area contributed by atoms with Gasteiger partial charge >= 0.3 is 0 Å². The molecule has 11 heavy (non-hydrogen) atoms. The van der Waals surface area contributed by atoms with Gasteiger partial charge in [-0.05, 0) is 6.07 Å². The largest absolute Gasteiger partial charge is 0.288 e. The number of carbonyl (C=O) groups is 1. The molecule has 0 aliphatic carbocycles. The molecule has 0 bridgehead atoms. The molecule has 53 valence electrons. The van der Waals surface area contributed by atoms with Crippen molar-refractivity contribution in [2.45, 2.75) is 0 Å². The molecule has 1 radical (unpaired) electrons. The van der Waals surface area contributed by atoms with Crippen LogP contribution in [-0.2, 0) is 4.79 Å². The summed E-state index contributed by atoms with van der Waals surface area (Å²) in [7, 11) is 0. The molecule has 0 heterocycles. The molecule has 2 heteroatoms. The van der Waals surface area contributed by atoms with Crippen LogP contribution in [0.3, 0.4) is 0 Å². The quantitative estimate of drug-likeness (QED) is 0.354. The Morgan fingerprint density at radius 3 is 2.91 bits per heavy atom. The Balaban J connectivity index is 2.94. The summed E-state index contributed by atoms with van der Waals surface area (Å²) in [6, 6.07) is 9.37. The van der Waals surface area contributed by atoms with Crippen molar-refractivity contribution in [3.8, 4) is 0 Å². The van der Waals surface area contributed by atoms with Gasteiger partial charge in [0.05, 0.1) is 6.08 Å². The minimum Gasteiger partial charge on any atom is -0.288 e. The second-order valence-corrected chi connectivity index (χ2v) is 1.90. The van der Waals surface area contributed by atoms with Crippen molar-refractivity contribution in [1.82, 2.24) is 0 Å². The van der Waals surface area contributed by atoms with Crippen LogP contribution < -0.4 is 0 Å². The molecule has 0 aliphatic rings. The summed E-state index contributed by atoms with van der Waals surface area (Å²) < 4.78 is 0. The van der Waals surface area contributed by atoms with Gasteiger partial charge in [-0.1, -0.05) is 24.3 Å². The summed E-state index contributed by atoms with van der Waals surface area (Å²) in [5.74, 6) is 1.06. The SMILES string of the molecule is O=C=CC(=O)c1[c]cccc1. The number of carbonyl (C=O) groups excluding carboxylic acids is 2. The fourth-order valence-corrected chi connectivity index (χ4v) is 0.678. The average molecular weight is 145 g/mol. The molecule has 1 aromatic carbocycles. The minimum atomic E-state index is -0.361. The zero-order valence-corrected chi connectivity index (χ0v) is 5.70. The van der Waals surface area contributed by atoms with E-state index in [1.54, 1.807) is 24.3 Å². The van der Waals surface area contributed by atoms with Crippen LogP contribution in [-0.4, -0.2) is 11.7 Å². The lowest BCUT2D eigenvalue weighted by Gasteiger charge is -1.89. The lowest BCUT2D eigenvalue weighted by molar-refractivity contribution is 0.104. The zero-order valence-electron chi connectivity index (χ0n) is 5.70. The first-order chi connectivity index (χ1) is 5.34. The first-order valence-electron chi connectivity index (χ1n) is 3.06. The number of ketones is 1. The van der Waals surface area contributed by atoms with Crippen molar-refractivity contribution in [3.05, 3.63) is 42.0 Å². The molecular formula is C9H5O2. The second kappa shape index (κ2) is 3.49. The van der Waals surface area contributed by atoms with Gasteiger partial charge in [0.1, 0.15) is 5.94 Å². The summed E-state index contributed by atoms with van der Waals surface area (Å²) in [5.41, 5.74) is 0.385. The van der Waals surface area contributed by atoms with Crippen LogP contribution in [0.15, 0.2) is 30.3 Å². The molecule has 0 fully saturated rings. The highest BCUT2D eigenvalue weighted by Crippen LogP contribution is 1.97. The van der Waals surface area contributed by atoms with Crippen molar-refractivity contribution in [2.24, 2.45) is 0 Å². The number of allylic oxidation sites excluding steroid dienone is 1. The molecule has 0 N–H and O–H groups in total. The molecule has 1 aromatic rings. The monoisotopic (exact) mass is 145 g/mol. The van der Waals surface area contributed by atoms with Crippen LogP contribution in [0.25, 0.3) is 0 Å². The van der Waals surface area contributed by atoms with Crippen LogP contribution >= 0.6 is 0 Å². The Hall–Kier alpha value is -1.66. The number of hydrogen-bond acceptors (Lipinski definition) is 2. The summed E-state index contributed by atoms with van der Waals surface area (Å²) in [4.78, 5) is 20.7. The van der Waals surface area contributed by atoms with E-state index in [0.717, 1.165) is 6.08 Å². The summed E-state index contributed by atoms with van der Waals surface area (Å²) >= 11 is 0. The molecule has 0 saturated heterocycles. The molecule has 0 aromatic heterocycles. The lowest BCUT2D eigenvalue weighted by Crippen LogP contribution is -1.92. The van der Waals surface area contributed by atoms with Gasteiger partial charge in [-0.25, -0.2) is 4.79 Å². The molecule has 0 spiro atoms. The zero-order chi connectivity index (χ0) is 8.10. The van der Waals surface area contributed by atoms with E-state index in [1.165, 1.54) is 5.94 Å². The average Bonchev–Trinajstić information content (AvgIpc) is 2.07. The van der Waals surface area contributed by atoms with Gasteiger partial charge in [0.25, 0.3) is 0 Å². The minimum absolute atomic E-state index is 0.361. The van der Waals surface area contributed by atoms with Crippen LogP contribution in [0.2, 0.25) is 0 Å². The van der Waals surface area contributed by atoms with E-state index in [9.17, 15) is 9.59 Å². The smallest absolute Gasteiger partial charge is 0.197 e. The van der Waals surface area contributed by atoms with Gasteiger partial charge in [-0.2, -0.15) is 0 Å². The highest BCUT2D eigenvalue weighted by Gasteiger charge is 1.98. The lowest BCUT2D eigenvalue weighted by atomic mass is 10.1. The van der Waals surface area contributed by atoms with E-state index in [2.05, 4.69) is 6.07 Å². The number of benzene rings is 1. The van der Waals surface area contributed by atoms with E-state index in [0.29, 0.717) is 5.56 Å². The van der Waals surface area contributed by atoms with Crippen LogP contribution in [0, 0.1) is 6.07 Å². The van der Waals surface area contributed by atoms with Gasteiger partial charge in [0.15, 0.2) is 5.78 Å². The van der Waals surface area contributed by atoms with Crippen molar-refractivity contribution >= 4 is 11.7 Å². The topological polar surface area (TPSA) is 34.1 Å². The summed E-state index contributed by atoms with van der Waals surface area (Å²) in [5, 5.41) is 0. The molecule has 0 unspecified atom stereocenters. The van der Waals surface area contributed by atoms with E-state index in [4.69, 9.17) is 0 Å². The van der Waals surface area contributed by atoms with Gasteiger partial charge in [0, 0.05) is 5.56 Å². The first-order valence-corrected chi connectivity index (χ1v) is 3.06. The van der Waals surface area contributed by atoms with Gasteiger partial charge in [-0.3, -0.25) is 4.79 Å². The normalized spacial score (nSPS) is 8.36. The van der Waals surface area contributed by atoms with Gasteiger partial charge in [0.2, 0.25) is 0 Å². The fraction of sp³-hybridized carbons (Fsp3) is 0. The maximum atomic E-state index is 10.9. The van der Waals surface area contributed by atoms with Gasteiger partial charge in [-0.15, -0.1) is 0 Å². The Bertz CT molecular complexity index is 295. The molecule has 2 nitrogen and oxygen atoms in total. The van der Waals surface area contributed by atoms with E-state index in [-0.39, 0.29) is 5.78 Å². The molecule has 0 aliphatic heterocycles. The predicted molar refractivity (Wildman–Crippen MR) is 39.9 cm³/mol. The van der Waals surface area contributed by atoms with E-state index < -0.39 is 0 Å². The van der Waals surface area contributed by atoms with E-state index >= 15 is 0 Å². The third-order valence-electron chi connectivity index (χ3n) is 1.16. The van der Waals surface area contributed by atoms with Gasteiger partial charge < -0.3 is 0 Å². The van der Waals surface area contributed by atoms with Crippen molar-refractivity contribution in [1.29, 1.82) is 0 Å². The number of rotatable bonds is 2. The highest BCUT2D eigenvalue weighted by molar-refractivity contribution is 6.08. The van der Waals surface area contributed by atoms with Crippen molar-refractivity contribution in [2.75, 3.05) is 0 Å². The predicted octanol–water partition coefficient (Wildman–Crippen LogP) is 1.06. The second-order valence-electron chi connectivity index (χ2n) is 1.90. The molecule has 0 atom stereocenters. The van der Waals surface area contributed by atoms with Crippen LogP contribution in [0.4, 0.5) is 0 Å². The maximum Gasteiger partial charge on any atom is 0.197 e. The standard InChI is InChI=1S/C9H5O2/c10-7-6-9(11)8-4-2-1-3-5-8/h1-4,6H. The molecular weight excluding hydrogens is 140 g/mol. The van der Waals surface area contributed by atoms with Crippen molar-refractivity contribution < 1.29 is 9.59 Å². The third kappa shape index (κ3) is 1.88. The Morgan fingerprint density at radius 2 is 2.36 bits per heavy atom. The Morgan fingerprint density at radius 1 is 1.55 bits per heavy atom. The molecule has 1 rings (SSSR count). The third-order valence-corrected chi connectivity index (χ3v) is 1.16. The van der Waals surface area contributed by atoms with Crippen molar-refractivity contribution in [3.63, 3.8) is 0 Å². The van der Waals surface area contributed by atoms with Crippen LogP contribution in [0.5, 0.6) is 0 Å². The maximum absolute atomic E-state index is 10.9. The number of hydrogen-bond donors (Lipinski definition) is 0. The van der Waals surface area contributed by atoms with Crippen LogP contribution in [0.1, 0.15) is 10.4 Å².